The summed E-state index contributed by atoms with van der Waals surface area (Å²) in [6.45, 7) is 1.23. The van der Waals surface area contributed by atoms with E-state index in [-0.39, 0.29) is 6.61 Å². The van der Waals surface area contributed by atoms with Crippen LogP contribution in [0, 0.1) is 0 Å². The van der Waals surface area contributed by atoms with Gasteiger partial charge in [-0.05, 0) is 37.8 Å². The molecule has 18 heavy (non-hydrogen) atoms. The van der Waals surface area contributed by atoms with Gasteiger partial charge in [-0.2, -0.15) is 0 Å². The maximum atomic E-state index is 9.17. The number of anilines is 2. The molecule has 1 fully saturated rings. The number of hydrogen-bond acceptors (Lipinski definition) is 4. The minimum Gasteiger partial charge on any atom is -0.497 e. The molecule has 0 amide bonds. The zero-order chi connectivity index (χ0) is 13.0. The van der Waals surface area contributed by atoms with Gasteiger partial charge in [-0.3, -0.25) is 0 Å². The quantitative estimate of drug-likeness (QED) is 0.803. The molecule has 1 unspecified atom stereocenters. The number of benzene rings is 1. The van der Waals surface area contributed by atoms with Crippen molar-refractivity contribution in [2.45, 2.75) is 31.7 Å². The average Bonchev–Trinajstić information content (AvgIpc) is 2.41. The number of hydrogen-bond donors (Lipinski definition) is 2. The molecule has 1 aromatic carbocycles. The highest BCUT2D eigenvalue weighted by Gasteiger charge is 2.23. The Hall–Kier alpha value is -1.42. The Balaban J connectivity index is 2.26. The van der Waals surface area contributed by atoms with Crippen LogP contribution in [-0.4, -0.2) is 31.4 Å². The number of aliphatic hydroxyl groups excluding tert-OH is 1. The number of nitrogen functional groups attached to an aromatic ring is 1. The summed E-state index contributed by atoms with van der Waals surface area (Å²) in [7, 11) is 1.66. The van der Waals surface area contributed by atoms with Gasteiger partial charge in [0.2, 0.25) is 0 Å². The molecule has 100 valence electrons. The number of rotatable bonds is 4. The van der Waals surface area contributed by atoms with Crippen LogP contribution in [-0.2, 0) is 0 Å². The van der Waals surface area contributed by atoms with Crippen molar-refractivity contribution in [2.75, 3.05) is 30.9 Å². The van der Waals surface area contributed by atoms with Crippen molar-refractivity contribution in [3.8, 4) is 5.75 Å². The summed E-state index contributed by atoms with van der Waals surface area (Å²) in [6, 6.07) is 6.14. The Morgan fingerprint density at radius 1 is 1.44 bits per heavy atom. The lowest BCUT2D eigenvalue weighted by atomic mass is 9.98. The van der Waals surface area contributed by atoms with E-state index in [2.05, 4.69) is 4.90 Å². The first kappa shape index (κ1) is 13.0. The monoisotopic (exact) mass is 250 g/mol. The molecule has 4 heteroatoms. The van der Waals surface area contributed by atoms with E-state index in [1.54, 1.807) is 7.11 Å². The van der Waals surface area contributed by atoms with E-state index in [9.17, 15) is 5.11 Å². The molecule has 1 atom stereocenters. The van der Waals surface area contributed by atoms with Gasteiger partial charge in [-0.15, -0.1) is 0 Å². The first-order valence-electron chi connectivity index (χ1n) is 6.57. The molecule has 0 spiro atoms. The van der Waals surface area contributed by atoms with Gasteiger partial charge in [0.1, 0.15) is 5.75 Å². The molecule has 1 saturated heterocycles. The lowest BCUT2D eigenvalue weighted by Crippen LogP contribution is -2.40. The van der Waals surface area contributed by atoms with E-state index in [1.165, 1.54) is 12.8 Å². The predicted octanol–water partition coefficient (Wildman–Crippen LogP) is 2.02. The molecule has 1 aliphatic heterocycles. The summed E-state index contributed by atoms with van der Waals surface area (Å²) in [4.78, 5) is 2.32. The molecule has 4 nitrogen and oxygen atoms in total. The zero-order valence-electron chi connectivity index (χ0n) is 10.9. The fourth-order valence-corrected chi connectivity index (χ4v) is 2.67. The molecule has 0 radical (unpaired) electrons. The van der Waals surface area contributed by atoms with E-state index < -0.39 is 0 Å². The molecule has 1 heterocycles. The Morgan fingerprint density at radius 2 is 2.28 bits per heavy atom. The number of nitrogens with zero attached hydrogens (tertiary/aromatic N) is 1. The van der Waals surface area contributed by atoms with Crippen molar-refractivity contribution < 1.29 is 9.84 Å². The smallest absolute Gasteiger partial charge is 0.121 e. The second kappa shape index (κ2) is 5.96. The summed E-state index contributed by atoms with van der Waals surface area (Å²) in [5.74, 6) is 0.826. The van der Waals surface area contributed by atoms with E-state index in [4.69, 9.17) is 10.5 Å². The normalized spacial score (nSPS) is 19.9. The maximum absolute atomic E-state index is 9.17. The van der Waals surface area contributed by atoms with Crippen LogP contribution in [0.25, 0.3) is 0 Å². The van der Waals surface area contributed by atoms with Crippen LogP contribution < -0.4 is 15.4 Å². The highest BCUT2D eigenvalue weighted by atomic mass is 16.5. The first-order chi connectivity index (χ1) is 8.76. The highest BCUT2D eigenvalue weighted by Crippen LogP contribution is 2.33. The van der Waals surface area contributed by atoms with Crippen LogP contribution in [0.1, 0.15) is 25.7 Å². The molecule has 0 aromatic heterocycles. The van der Waals surface area contributed by atoms with E-state index in [0.29, 0.717) is 6.04 Å². The van der Waals surface area contributed by atoms with Crippen molar-refractivity contribution in [1.29, 1.82) is 0 Å². The summed E-state index contributed by atoms with van der Waals surface area (Å²) >= 11 is 0. The summed E-state index contributed by atoms with van der Waals surface area (Å²) < 4.78 is 5.26. The first-order valence-corrected chi connectivity index (χ1v) is 6.57. The minimum absolute atomic E-state index is 0.227. The molecule has 0 saturated carbocycles. The van der Waals surface area contributed by atoms with Crippen LogP contribution in [0.4, 0.5) is 11.4 Å². The van der Waals surface area contributed by atoms with Crippen LogP contribution in [0.3, 0.4) is 0 Å². The molecule has 0 bridgehead atoms. The topological polar surface area (TPSA) is 58.7 Å². The van der Waals surface area contributed by atoms with Gasteiger partial charge in [0, 0.05) is 25.3 Å². The van der Waals surface area contributed by atoms with Crippen molar-refractivity contribution >= 4 is 11.4 Å². The molecule has 3 N–H and O–H groups in total. The molecule has 0 aliphatic carbocycles. The van der Waals surface area contributed by atoms with Gasteiger partial charge in [0.15, 0.2) is 0 Å². The lowest BCUT2D eigenvalue weighted by Gasteiger charge is -2.38. The second-order valence-electron chi connectivity index (χ2n) is 4.78. The number of piperidine rings is 1. The summed E-state index contributed by atoms with van der Waals surface area (Å²) in [5.41, 5.74) is 7.89. The van der Waals surface area contributed by atoms with Crippen LogP contribution in [0.5, 0.6) is 5.75 Å². The summed E-state index contributed by atoms with van der Waals surface area (Å²) in [5, 5.41) is 9.17. The molecular weight excluding hydrogens is 228 g/mol. The van der Waals surface area contributed by atoms with Gasteiger partial charge in [0.05, 0.1) is 18.5 Å². The van der Waals surface area contributed by atoms with Crippen molar-refractivity contribution in [1.82, 2.24) is 0 Å². The number of aliphatic hydroxyl groups is 1. The van der Waals surface area contributed by atoms with Gasteiger partial charge in [0.25, 0.3) is 0 Å². The average molecular weight is 250 g/mol. The lowest BCUT2D eigenvalue weighted by molar-refractivity contribution is 0.262. The van der Waals surface area contributed by atoms with Gasteiger partial charge in [-0.1, -0.05) is 0 Å². The number of ether oxygens (including phenoxy) is 1. The molecule has 2 rings (SSSR count). The van der Waals surface area contributed by atoms with Crippen molar-refractivity contribution in [3.05, 3.63) is 18.2 Å². The summed E-state index contributed by atoms with van der Waals surface area (Å²) in [6.07, 6.45) is 4.33. The Labute approximate surface area is 108 Å². The highest BCUT2D eigenvalue weighted by molar-refractivity contribution is 5.70. The van der Waals surface area contributed by atoms with E-state index in [1.807, 2.05) is 18.2 Å². The van der Waals surface area contributed by atoms with Crippen LogP contribution in [0.2, 0.25) is 0 Å². The Morgan fingerprint density at radius 3 is 3.00 bits per heavy atom. The second-order valence-corrected chi connectivity index (χ2v) is 4.78. The van der Waals surface area contributed by atoms with Crippen LogP contribution in [0.15, 0.2) is 18.2 Å². The Kier molecular flexibility index (Phi) is 4.31. The fourth-order valence-electron chi connectivity index (χ4n) is 2.67. The molecular formula is C14H22N2O2. The SMILES string of the molecule is COc1ccc(N)c(N2CCCCC2CCO)c1. The van der Waals surface area contributed by atoms with Gasteiger partial charge in [-0.25, -0.2) is 0 Å². The predicted molar refractivity (Wildman–Crippen MR) is 74.1 cm³/mol. The largest absolute Gasteiger partial charge is 0.497 e. The number of methoxy groups -OCH3 is 1. The van der Waals surface area contributed by atoms with E-state index >= 15 is 0 Å². The van der Waals surface area contributed by atoms with Gasteiger partial charge < -0.3 is 20.5 Å². The van der Waals surface area contributed by atoms with E-state index in [0.717, 1.165) is 36.5 Å². The zero-order valence-corrected chi connectivity index (χ0v) is 10.9. The molecule has 1 aliphatic rings. The third-order valence-corrected chi connectivity index (χ3v) is 3.64. The van der Waals surface area contributed by atoms with Crippen LogP contribution >= 0.6 is 0 Å². The standard InChI is InChI=1S/C14H22N2O2/c1-18-12-5-6-13(15)14(10-12)16-8-3-2-4-11(16)7-9-17/h5-6,10-11,17H,2-4,7-9,15H2,1H3. The fraction of sp³-hybridized carbons (Fsp3) is 0.571. The van der Waals surface area contributed by atoms with Crippen molar-refractivity contribution in [3.63, 3.8) is 0 Å². The Bertz CT molecular complexity index is 393. The minimum atomic E-state index is 0.227. The molecule has 1 aromatic rings. The third kappa shape index (κ3) is 2.70. The number of nitrogens with two attached hydrogens (primary N) is 1. The maximum Gasteiger partial charge on any atom is 0.121 e. The van der Waals surface area contributed by atoms with Crippen molar-refractivity contribution in [2.24, 2.45) is 0 Å². The third-order valence-electron chi connectivity index (χ3n) is 3.64. The van der Waals surface area contributed by atoms with Gasteiger partial charge >= 0.3 is 0 Å².